The fraction of sp³-hybridized carbons (Fsp3) is 0.229. The molecule has 2 aliphatic rings. The molecule has 2 aromatic heterocycles. The molecule has 5 aromatic rings. The minimum absolute atomic E-state index is 0.0155. The van der Waals surface area contributed by atoms with Crippen molar-refractivity contribution in [1.29, 1.82) is 0 Å². The molecule has 48 heavy (non-hydrogen) atoms. The summed E-state index contributed by atoms with van der Waals surface area (Å²) >= 11 is -1.03. The number of likely N-dealkylation sites (tertiary alicyclic amines) is 1. The zero-order valence-electron chi connectivity index (χ0n) is 26.0. The van der Waals surface area contributed by atoms with Crippen LogP contribution >= 0.6 is 20.0 Å². The Kier molecular flexibility index (Phi) is 9.85. The first kappa shape index (κ1) is 32.8. The summed E-state index contributed by atoms with van der Waals surface area (Å²) < 4.78 is 30.1. The molecule has 0 aliphatic carbocycles. The molecule has 2 saturated heterocycles. The van der Waals surface area contributed by atoms with Gasteiger partial charge in [-0.2, -0.15) is 0 Å². The summed E-state index contributed by atoms with van der Waals surface area (Å²) in [6, 6.07) is 24.0. The van der Waals surface area contributed by atoms with Gasteiger partial charge < -0.3 is 0 Å². The first-order chi connectivity index (χ1) is 23.4. The van der Waals surface area contributed by atoms with Crippen molar-refractivity contribution in [2.24, 2.45) is 0 Å². The van der Waals surface area contributed by atoms with Crippen LogP contribution in [0.5, 0.6) is 0 Å². The molecule has 244 valence electrons. The summed E-state index contributed by atoms with van der Waals surface area (Å²) in [5.41, 5.74) is 2.88. The van der Waals surface area contributed by atoms with E-state index in [1.165, 1.54) is 19.8 Å². The average molecular weight is 757 g/mol. The number of terminal acetylenes is 1. The van der Waals surface area contributed by atoms with E-state index >= 15 is 0 Å². The van der Waals surface area contributed by atoms with Crippen molar-refractivity contribution in [3.63, 3.8) is 0 Å². The van der Waals surface area contributed by atoms with Gasteiger partial charge in [-0.3, -0.25) is 0 Å². The molecule has 0 radical (unpaired) electrons. The SMILES string of the molecule is C#Cc1cnc(NC2CCCN(CC(=O)Nc3ccc([As]4SCCS4)cc3)C2)nc1-c1cn(S(=O)(=O)c2ccccc2)c2ccccc12. The van der Waals surface area contributed by atoms with Crippen molar-refractivity contribution >= 4 is 75.2 Å². The van der Waals surface area contributed by atoms with E-state index in [1.54, 1.807) is 54.9 Å². The van der Waals surface area contributed by atoms with Gasteiger partial charge in [-0.25, -0.2) is 22.4 Å². The molecular weight excluding hydrogens is 724 g/mol. The van der Waals surface area contributed by atoms with Crippen molar-refractivity contribution < 1.29 is 13.2 Å². The molecule has 2 fully saturated rings. The Hall–Kier alpha value is -3.72. The maximum atomic E-state index is 13.7. The number of aromatic nitrogens is 3. The van der Waals surface area contributed by atoms with Crippen LogP contribution in [0.25, 0.3) is 22.2 Å². The smallest absolute Gasteiger partial charge is 0.240 e. The number of benzene rings is 3. The summed E-state index contributed by atoms with van der Waals surface area (Å²) in [5.74, 6) is 5.51. The van der Waals surface area contributed by atoms with E-state index in [0.717, 1.165) is 25.1 Å². The minimum atomic E-state index is -3.88. The topological polar surface area (TPSA) is 109 Å². The van der Waals surface area contributed by atoms with Gasteiger partial charge in [-0.05, 0) is 18.2 Å². The largest absolute Gasteiger partial charge is 0.268 e. The molecule has 9 nitrogen and oxygen atoms in total. The van der Waals surface area contributed by atoms with Crippen molar-refractivity contribution in [3.8, 4) is 23.6 Å². The van der Waals surface area contributed by atoms with Crippen LogP contribution in [0, 0.1) is 12.3 Å². The van der Waals surface area contributed by atoms with Crippen LogP contribution in [-0.4, -0.2) is 82.7 Å². The summed E-state index contributed by atoms with van der Waals surface area (Å²) in [4.78, 5) is 24.6. The monoisotopic (exact) mass is 756 g/mol. The number of rotatable bonds is 9. The number of nitrogens with one attached hydrogen (secondary N) is 2. The fourth-order valence-corrected chi connectivity index (χ4v) is 21.5. The van der Waals surface area contributed by atoms with E-state index in [9.17, 15) is 13.2 Å². The van der Waals surface area contributed by atoms with Gasteiger partial charge in [0.2, 0.25) is 0 Å². The van der Waals surface area contributed by atoms with Crippen LogP contribution in [0.2, 0.25) is 0 Å². The van der Waals surface area contributed by atoms with Crippen molar-refractivity contribution in [2.45, 2.75) is 23.8 Å². The summed E-state index contributed by atoms with van der Waals surface area (Å²) in [5, 5.41) is 7.22. The van der Waals surface area contributed by atoms with Crippen LogP contribution in [0.15, 0.2) is 96.2 Å². The Labute approximate surface area is 291 Å². The number of carbonyl (C=O) groups excluding carboxylic acids is 1. The molecule has 7 rings (SSSR count). The molecule has 1 unspecified atom stereocenters. The van der Waals surface area contributed by atoms with Gasteiger partial charge in [0.15, 0.2) is 0 Å². The number of piperidine rings is 1. The van der Waals surface area contributed by atoms with Crippen LogP contribution < -0.4 is 15.0 Å². The third-order valence-electron chi connectivity index (χ3n) is 8.25. The predicted octanol–water partition coefficient (Wildman–Crippen LogP) is 5.01. The van der Waals surface area contributed by atoms with E-state index in [4.69, 9.17) is 11.4 Å². The van der Waals surface area contributed by atoms with Crippen LogP contribution in [-0.2, 0) is 14.8 Å². The number of amides is 1. The number of para-hydroxylation sites is 1. The molecule has 4 heterocycles. The molecule has 0 saturated carbocycles. The summed E-state index contributed by atoms with van der Waals surface area (Å²) in [6.07, 6.45) is 10.9. The first-order valence-electron chi connectivity index (χ1n) is 15.6. The Morgan fingerprint density at radius 1 is 1.02 bits per heavy atom. The number of anilines is 2. The Bertz CT molecular complexity index is 2100. The summed E-state index contributed by atoms with van der Waals surface area (Å²) in [7, 11) is 0.341. The maximum absolute atomic E-state index is 13.7. The van der Waals surface area contributed by atoms with Gasteiger partial charge >= 0.3 is 149 Å². The van der Waals surface area contributed by atoms with E-state index < -0.39 is 22.4 Å². The molecule has 13 heteroatoms. The Morgan fingerprint density at radius 3 is 2.54 bits per heavy atom. The minimum Gasteiger partial charge on any atom is -0.240 e. The van der Waals surface area contributed by atoms with Crippen molar-refractivity contribution in [2.75, 3.05) is 41.8 Å². The van der Waals surface area contributed by atoms with Crippen molar-refractivity contribution in [3.05, 3.63) is 96.8 Å². The summed E-state index contributed by atoms with van der Waals surface area (Å²) in [6.45, 7) is 1.77. The molecule has 2 aliphatic heterocycles. The standard InChI is InChI=1S/C35H33AsN6O3S3/c1-2-25-21-37-35(40-34(25)31-23-42(32-13-7-6-12-30(31)32)48(44,45)29-10-4-3-5-11-29)39-28-9-8-18-41(22-28)24-33(43)38-27-16-14-26(15-17-27)36-46-19-20-47-36/h1,3-7,10-17,21,23,28H,8-9,18-20,22,24H2,(H,38,43)(H,37,39,40). The van der Waals surface area contributed by atoms with Gasteiger partial charge in [0.25, 0.3) is 10.0 Å². The third kappa shape index (κ3) is 7.02. The molecule has 0 spiro atoms. The van der Waals surface area contributed by atoms with E-state index in [-0.39, 0.29) is 16.8 Å². The molecule has 1 amide bonds. The third-order valence-corrected chi connectivity index (χ3v) is 23.7. The number of hydrogen-bond donors (Lipinski definition) is 2. The molecule has 3 aromatic carbocycles. The first-order valence-corrected chi connectivity index (χ1v) is 24.4. The van der Waals surface area contributed by atoms with Crippen LogP contribution in [0.1, 0.15) is 18.4 Å². The van der Waals surface area contributed by atoms with E-state index in [2.05, 4.69) is 58.6 Å². The van der Waals surface area contributed by atoms with E-state index in [0.29, 0.717) is 46.8 Å². The quantitative estimate of drug-likeness (QED) is 0.159. The second kappa shape index (κ2) is 14.4. The van der Waals surface area contributed by atoms with Gasteiger partial charge in [-0.1, -0.05) is 42.3 Å². The van der Waals surface area contributed by atoms with E-state index in [1.807, 2.05) is 24.3 Å². The van der Waals surface area contributed by atoms with Gasteiger partial charge in [0, 0.05) is 23.3 Å². The molecule has 0 bridgehead atoms. The number of carbonyl (C=O) groups is 1. The number of hydrogen-bond acceptors (Lipinski definition) is 9. The molecular formula is C35H33AsN6O3S3. The van der Waals surface area contributed by atoms with Crippen LogP contribution in [0.3, 0.4) is 0 Å². The van der Waals surface area contributed by atoms with Crippen molar-refractivity contribution in [1.82, 2.24) is 18.8 Å². The second-order valence-electron chi connectivity index (χ2n) is 11.5. The molecule has 2 N–H and O–H groups in total. The zero-order chi connectivity index (χ0) is 33.1. The normalized spacial score (nSPS) is 17.3. The fourth-order valence-electron chi connectivity index (χ4n) is 6.00. The predicted molar refractivity (Wildman–Crippen MR) is 198 cm³/mol. The Balaban J connectivity index is 1.07. The van der Waals surface area contributed by atoms with Gasteiger partial charge in [-0.15, -0.1) is 6.42 Å². The Morgan fingerprint density at radius 2 is 1.77 bits per heavy atom. The van der Waals surface area contributed by atoms with Gasteiger partial charge in [0.1, 0.15) is 0 Å². The maximum Gasteiger partial charge on any atom is 0.268 e. The van der Waals surface area contributed by atoms with Gasteiger partial charge in [0.05, 0.1) is 21.7 Å². The van der Waals surface area contributed by atoms with Crippen LogP contribution in [0.4, 0.5) is 11.6 Å². The molecule has 1 atom stereocenters. The average Bonchev–Trinajstić information content (AvgIpc) is 3.79. The number of fused-ring (bicyclic) bond motifs is 1. The zero-order valence-corrected chi connectivity index (χ0v) is 30.3. The number of nitrogens with zero attached hydrogens (tertiary/aromatic N) is 4. The second-order valence-corrected chi connectivity index (χ2v) is 25.1.